The van der Waals surface area contributed by atoms with Gasteiger partial charge in [-0.3, -0.25) is 0 Å². The lowest BCUT2D eigenvalue weighted by Gasteiger charge is -2.29. The molecule has 0 spiro atoms. The monoisotopic (exact) mass is 213 g/mol. The van der Waals surface area contributed by atoms with Crippen molar-refractivity contribution in [1.82, 2.24) is 4.90 Å². The van der Waals surface area contributed by atoms with Gasteiger partial charge in [-0.2, -0.15) is 0 Å². The molecule has 90 valence electrons. The third-order valence-corrected chi connectivity index (χ3v) is 3.68. The molecule has 15 heavy (non-hydrogen) atoms. The van der Waals surface area contributed by atoms with Crippen LogP contribution in [0.1, 0.15) is 46.5 Å². The average Bonchev–Trinajstić information content (AvgIpc) is 2.38. The Morgan fingerprint density at radius 3 is 2.53 bits per heavy atom. The fourth-order valence-electron chi connectivity index (χ4n) is 2.54. The highest BCUT2D eigenvalue weighted by Crippen LogP contribution is 2.34. The third-order valence-electron chi connectivity index (χ3n) is 3.68. The van der Waals surface area contributed by atoms with Gasteiger partial charge in [0.2, 0.25) is 0 Å². The van der Waals surface area contributed by atoms with E-state index in [1.807, 2.05) is 0 Å². The normalized spacial score (nSPS) is 25.2. The van der Waals surface area contributed by atoms with Crippen molar-refractivity contribution in [3.05, 3.63) is 0 Å². The number of aliphatic hydroxyl groups is 1. The van der Waals surface area contributed by atoms with E-state index < -0.39 is 0 Å². The molecule has 1 unspecified atom stereocenters. The van der Waals surface area contributed by atoms with Crippen LogP contribution in [0.2, 0.25) is 0 Å². The Bertz CT molecular complexity index is 174. The second kappa shape index (κ2) is 5.86. The van der Waals surface area contributed by atoms with Crippen molar-refractivity contribution in [1.29, 1.82) is 0 Å². The van der Waals surface area contributed by atoms with E-state index in [1.165, 1.54) is 32.4 Å². The molecule has 0 aromatic rings. The first-order chi connectivity index (χ1) is 7.04. The molecule has 1 N–H and O–H groups in total. The summed E-state index contributed by atoms with van der Waals surface area (Å²) in [6.07, 6.45) is 4.96. The number of hydrogen-bond acceptors (Lipinski definition) is 2. The van der Waals surface area contributed by atoms with Crippen molar-refractivity contribution < 1.29 is 5.11 Å². The van der Waals surface area contributed by atoms with Gasteiger partial charge in [0.05, 0.1) is 0 Å². The number of rotatable bonds is 3. The van der Waals surface area contributed by atoms with E-state index in [2.05, 4.69) is 25.7 Å². The molecular weight excluding hydrogens is 186 g/mol. The molecule has 0 aliphatic carbocycles. The Morgan fingerprint density at radius 2 is 1.93 bits per heavy atom. The minimum absolute atomic E-state index is 0.333. The van der Waals surface area contributed by atoms with Crippen LogP contribution < -0.4 is 0 Å². The summed E-state index contributed by atoms with van der Waals surface area (Å²) >= 11 is 0. The Labute approximate surface area is 94.7 Å². The molecule has 0 bridgehead atoms. The van der Waals surface area contributed by atoms with Crippen LogP contribution in [0.25, 0.3) is 0 Å². The van der Waals surface area contributed by atoms with E-state index in [9.17, 15) is 0 Å². The van der Waals surface area contributed by atoms with Crippen molar-refractivity contribution in [2.75, 3.05) is 26.2 Å². The van der Waals surface area contributed by atoms with Crippen LogP contribution >= 0.6 is 0 Å². The quantitative estimate of drug-likeness (QED) is 0.778. The third kappa shape index (κ3) is 4.52. The van der Waals surface area contributed by atoms with Gasteiger partial charge >= 0.3 is 0 Å². The van der Waals surface area contributed by atoms with Gasteiger partial charge in [-0.15, -0.1) is 0 Å². The van der Waals surface area contributed by atoms with Crippen LogP contribution in [-0.4, -0.2) is 36.2 Å². The molecule has 1 atom stereocenters. The molecule has 1 rings (SSSR count). The lowest BCUT2D eigenvalue weighted by Crippen LogP contribution is -2.27. The SMILES string of the molecule is CC(C)(C)C1CCCN(CCCO)CC1. The second-order valence-electron chi connectivity index (χ2n) is 5.91. The van der Waals surface area contributed by atoms with Crippen LogP contribution in [0.5, 0.6) is 0 Å². The van der Waals surface area contributed by atoms with Crippen LogP contribution in [0.4, 0.5) is 0 Å². The van der Waals surface area contributed by atoms with Crippen molar-refractivity contribution in [3.63, 3.8) is 0 Å². The number of nitrogens with zero attached hydrogens (tertiary/aromatic N) is 1. The summed E-state index contributed by atoms with van der Waals surface area (Å²) in [5.74, 6) is 0.872. The molecule has 1 aliphatic heterocycles. The van der Waals surface area contributed by atoms with Crippen LogP contribution in [0.3, 0.4) is 0 Å². The smallest absolute Gasteiger partial charge is 0.0443 e. The first-order valence-electron chi connectivity index (χ1n) is 6.37. The maximum absolute atomic E-state index is 8.82. The maximum Gasteiger partial charge on any atom is 0.0443 e. The molecule has 0 radical (unpaired) electrons. The van der Waals surface area contributed by atoms with Crippen LogP contribution in [0, 0.1) is 11.3 Å². The van der Waals surface area contributed by atoms with Crippen molar-refractivity contribution in [2.45, 2.75) is 46.5 Å². The first kappa shape index (κ1) is 13.0. The fourth-order valence-corrected chi connectivity index (χ4v) is 2.54. The second-order valence-corrected chi connectivity index (χ2v) is 5.91. The van der Waals surface area contributed by atoms with E-state index in [4.69, 9.17) is 5.11 Å². The lowest BCUT2D eigenvalue weighted by molar-refractivity contribution is 0.200. The van der Waals surface area contributed by atoms with E-state index in [0.717, 1.165) is 18.9 Å². The molecule has 2 heteroatoms. The summed E-state index contributed by atoms with van der Waals surface area (Å²) in [6.45, 7) is 10.9. The summed E-state index contributed by atoms with van der Waals surface area (Å²) in [4.78, 5) is 2.52. The summed E-state index contributed by atoms with van der Waals surface area (Å²) in [6, 6.07) is 0. The topological polar surface area (TPSA) is 23.5 Å². The number of aliphatic hydroxyl groups excluding tert-OH is 1. The highest BCUT2D eigenvalue weighted by molar-refractivity contribution is 4.78. The maximum atomic E-state index is 8.82. The average molecular weight is 213 g/mol. The molecule has 0 aromatic carbocycles. The van der Waals surface area contributed by atoms with Gasteiger partial charge in [0, 0.05) is 13.2 Å². The van der Waals surface area contributed by atoms with Gasteiger partial charge < -0.3 is 10.0 Å². The van der Waals surface area contributed by atoms with E-state index in [0.29, 0.717) is 12.0 Å². The van der Waals surface area contributed by atoms with Gasteiger partial charge in [0.1, 0.15) is 0 Å². The van der Waals surface area contributed by atoms with Gasteiger partial charge in [-0.25, -0.2) is 0 Å². The van der Waals surface area contributed by atoms with Gasteiger partial charge in [0.15, 0.2) is 0 Å². The lowest BCUT2D eigenvalue weighted by atomic mass is 9.77. The van der Waals surface area contributed by atoms with E-state index in [1.54, 1.807) is 0 Å². The van der Waals surface area contributed by atoms with E-state index >= 15 is 0 Å². The molecule has 0 saturated carbocycles. The van der Waals surface area contributed by atoms with Crippen LogP contribution in [-0.2, 0) is 0 Å². The van der Waals surface area contributed by atoms with Crippen LogP contribution in [0.15, 0.2) is 0 Å². The molecule has 1 heterocycles. The molecular formula is C13H27NO. The molecule has 0 amide bonds. The predicted molar refractivity (Wildman–Crippen MR) is 64.9 cm³/mol. The molecule has 1 fully saturated rings. The van der Waals surface area contributed by atoms with Crippen molar-refractivity contribution in [3.8, 4) is 0 Å². The van der Waals surface area contributed by atoms with Gasteiger partial charge in [-0.1, -0.05) is 20.8 Å². The molecule has 2 nitrogen and oxygen atoms in total. The Kier molecular flexibility index (Phi) is 5.07. The fraction of sp³-hybridized carbons (Fsp3) is 1.00. The largest absolute Gasteiger partial charge is 0.396 e. The highest BCUT2D eigenvalue weighted by atomic mass is 16.3. The Morgan fingerprint density at radius 1 is 1.20 bits per heavy atom. The zero-order chi connectivity index (χ0) is 11.3. The summed E-state index contributed by atoms with van der Waals surface area (Å²) in [5.41, 5.74) is 0.465. The van der Waals surface area contributed by atoms with Gasteiger partial charge in [0.25, 0.3) is 0 Å². The number of hydrogen-bond donors (Lipinski definition) is 1. The first-order valence-corrected chi connectivity index (χ1v) is 6.37. The summed E-state index contributed by atoms with van der Waals surface area (Å²) in [7, 11) is 0. The predicted octanol–water partition coefficient (Wildman–Crippen LogP) is 2.52. The zero-order valence-corrected chi connectivity index (χ0v) is 10.6. The number of likely N-dealkylation sites (tertiary alicyclic amines) is 1. The standard InChI is InChI=1S/C13H27NO/c1-13(2,3)12-6-4-8-14(10-7-12)9-5-11-15/h12,15H,4-11H2,1-3H3. The van der Waals surface area contributed by atoms with Gasteiger partial charge in [-0.05, 0) is 50.1 Å². The highest BCUT2D eigenvalue weighted by Gasteiger charge is 2.26. The summed E-state index contributed by atoms with van der Waals surface area (Å²) < 4.78 is 0. The van der Waals surface area contributed by atoms with Crippen molar-refractivity contribution >= 4 is 0 Å². The minimum Gasteiger partial charge on any atom is -0.396 e. The Balaban J connectivity index is 2.35. The molecule has 0 aromatic heterocycles. The minimum atomic E-state index is 0.333. The summed E-state index contributed by atoms with van der Waals surface area (Å²) in [5, 5.41) is 8.82. The van der Waals surface area contributed by atoms with E-state index in [-0.39, 0.29) is 0 Å². The molecule has 1 aliphatic rings. The Hall–Kier alpha value is -0.0800. The zero-order valence-electron chi connectivity index (χ0n) is 10.6. The van der Waals surface area contributed by atoms with Crippen molar-refractivity contribution in [2.24, 2.45) is 11.3 Å². The molecule has 1 saturated heterocycles.